The zero-order valence-corrected chi connectivity index (χ0v) is 9.61. The molecule has 0 aromatic heterocycles. The Morgan fingerprint density at radius 1 is 1.12 bits per heavy atom. The summed E-state index contributed by atoms with van der Waals surface area (Å²) in [7, 11) is 0. The van der Waals surface area contributed by atoms with Crippen LogP contribution in [0.15, 0.2) is 29.2 Å². The Bertz CT molecular complexity index is 396. The summed E-state index contributed by atoms with van der Waals surface area (Å²) < 4.78 is 49.7. The molecule has 1 saturated carbocycles. The molecule has 0 spiro atoms. The first-order chi connectivity index (χ1) is 7.81. The van der Waals surface area contributed by atoms with Gasteiger partial charge in [0.25, 0.3) is 11.7 Å². The van der Waals surface area contributed by atoms with Crippen molar-refractivity contribution >= 4 is 11.8 Å². The molecule has 1 aromatic carbocycles. The first-order valence-electron chi connectivity index (χ1n) is 5.03. The molecule has 1 fully saturated rings. The molecule has 1 nitrogen and oxygen atoms in total. The first kappa shape index (κ1) is 12.7. The minimum Gasteiger partial charge on any atom is -0.321 e. The van der Waals surface area contributed by atoms with E-state index in [2.05, 4.69) is 0 Å². The number of rotatable bonds is 3. The van der Waals surface area contributed by atoms with E-state index in [1.165, 1.54) is 12.1 Å². The van der Waals surface area contributed by atoms with Gasteiger partial charge in [-0.15, -0.1) is 0 Å². The van der Waals surface area contributed by atoms with Crippen LogP contribution in [0.5, 0.6) is 0 Å². The van der Waals surface area contributed by atoms with Crippen molar-refractivity contribution in [2.24, 2.45) is 5.73 Å². The average molecular weight is 265 g/mol. The summed E-state index contributed by atoms with van der Waals surface area (Å²) in [6.07, 6.45) is -0.775. The van der Waals surface area contributed by atoms with Crippen molar-refractivity contribution in [1.82, 2.24) is 0 Å². The van der Waals surface area contributed by atoms with E-state index in [1.807, 2.05) is 0 Å². The third-order valence-corrected chi connectivity index (χ3v) is 3.53. The molecule has 0 radical (unpaired) electrons. The lowest BCUT2D eigenvalue weighted by Gasteiger charge is -2.44. The zero-order chi connectivity index (χ0) is 12.7. The monoisotopic (exact) mass is 265 g/mol. The van der Waals surface area contributed by atoms with Crippen LogP contribution >= 0.6 is 11.8 Å². The normalized spacial score (nSPS) is 21.3. The topological polar surface area (TPSA) is 26.0 Å². The number of nitrogens with two attached hydrogens (primary N) is 1. The molecular formula is C11H11F4NS. The SMILES string of the molecule is NC1(c2ccc(SC(F)F)cc2)CC(F)(F)C1. The largest absolute Gasteiger partial charge is 0.321 e. The van der Waals surface area contributed by atoms with Crippen molar-refractivity contribution in [2.75, 3.05) is 0 Å². The predicted molar refractivity (Wildman–Crippen MR) is 58.3 cm³/mol. The maximum atomic E-state index is 12.8. The highest BCUT2D eigenvalue weighted by atomic mass is 32.2. The van der Waals surface area contributed by atoms with Crippen LogP contribution in [0.2, 0.25) is 0 Å². The van der Waals surface area contributed by atoms with Gasteiger partial charge in [-0.2, -0.15) is 8.78 Å². The van der Waals surface area contributed by atoms with Gasteiger partial charge in [0.1, 0.15) is 0 Å². The predicted octanol–water partition coefficient (Wildman–Crippen LogP) is 3.58. The van der Waals surface area contributed by atoms with Gasteiger partial charge in [-0.1, -0.05) is 23.9 Å². The van der Waals surface area contributed by atoms with E-state index in [0.717, 1.165) is 0 Å². The van der Waals surface area contributed by atoms with Gasteiger partial charge < -0.3 is 5.73 Å². The Morgan fingerprint density at radius 3 is 2.06 bits per heavy atom. The van der Waals surface area contributed by atoms with Gasteiger partial charge in [-0.05, 0) is 17.7 Å². The lowest BCUT2D eigenvalue weighted by Crippen LogP contribution is -2.55. The summed E-state index contributed by atoms with van der Waals surface area (Å²) in [6, 6.07) is 6.05. The molecule has 17 heavy (non-hydrogen) atoms. The van der Waals surface area contributed by atoms with Crippen molar-refractivity contribution in [1.29, 1.82) is 0 Å². The van der Waals surface area contributed by atoms with Gasteiger partial charge in [0.05, 0.1) is 5.54 Å². The second-order valence-corrected chi connectivity index (χ2v) is 5.33. The van der Waals surface area contributed by atoms with Crippen LogP contribution in [0.25, 0.3) is 0 Å². The third-order valence-electron chi connectivity index (χ3n) is 2.80. The second-order valence-electron chi connectivity index (χ2n) is 4.27. The van der Waals surface area contributed by atoms with Crippen LogP contribution in [0.1, 0.15) is 18.4 Å². The molecule has 0 bridgehead atoms. The molecule has 1 aliphatic carbocycles. The number of alkyl halides is 4. The number of benzene rings is 1. The molecule has 1 aromatic rings. The van der Waals surface area contributed by atoms with Crippen molar-refractivity contribution in [2.45, 2.75) is 35.0 Å². The van der Waals surface area contributed by atoms with Gasteiger partial charge in [0.15, 0.2) is 0 Å². The van der Waals surface area contributed by atoms with Gasteiger partial charge in [-0.25, -0.2) is 8.78 Å². The van der Waals surface area contributed by atoms with Gasteiger partial charge in [0, 0.05) is 17.7 Å². The van der Waals surface area contributed by atoms with Crippen LogP contribution < -0.4 is 5.73 Å². The molecule has 6 heteroatoms. The fourth-order valence-corrected chi connectivity index (χ4v) is 2.54. The van der Waals surface area contributed by atoms with E-state index in [4.69, 9.17) is 5.73 Å². The van der Waals surface area contributed by atoms with E-state index in [1.54, 1.807) is 12.1 Å². The van der Waals surface area contributed by atoms with Gasteiger partial charge in [-0.3, -0.25) is 0 Å². The Hall–Kier alpha value is -0.750. The van der Waals surface area contributed by atoms with E-state index < -0.39 is 17.2 Å². The fraction of sp³-hybridized carbons (Fsp3) is 0.455. The summed E-state index contributed by atoms with van der Waals surface area (Å²) in [5, 5.41) is 0. The van der Waals surface area contributed by atoms with E-state index in [9.17, 15) is 17.6 Å². The molecule has 2 rings (SSSR count). The van der Waals surface area contributed by atoms with E-state index >= 15 is 0 Å². The Balaban J connectivity index is 2.09. The summed E-state index contributed by atoms with van der Waals surface area (Å²) in [5.74, 6) is -5.19. The van der Waals surface area contributed by atoms with Crippen LogP contribution in [0.4, 0.5) is 17.6 Å². The summed E-state index contributed by atoms with van der Waals surface area (Å²) >= 11 is 0.421. The average Bonchev–Trinajstić information content (AvgIpc) is 2.14. The van der Waals surface area contributed by atoms with Crippen LogP contribution in [-0.4, -0.2) is 11.7 Å². The van der Waals surface area contributed by atoms with Crippen LogP contribution in [-0.2, 0) is 5.54 Å². The highest BCUT2D eigenvalue weighted by molar-refractivity contribution is 7.99. The number of halogens is 4. The summed E-state index contributed by atoms with van der Waals surface area (Å²) in [5.41, 5.74) is 5.37. The molecule has 0 saturated heterocycles. The molecule has 0 unspecified atom stereocenters. The maximum Gasteiger partial charge on any atom is 0.288 e. The first-order valence-corrected chi connectivity index (χ1v) is 5.91. The molecule has 2 N–H and O–H groups in total. The fourth-order valence-electron chi connectivity index (χ4n) is 2.04. The third kappa shape index (κ3) is 2.74. The molecule has 1 aliphatic rings. The maximum absolute atomic E-state index is 12.8. The van der Waals surface area contributed by atoms with Gasteiger partial charge in [0.2, 0.25) is 0 Å². The Labute approximate surface area is 100 Å². The Morgan fingerprint density at radius 2 is 1.65 bits per heavy atom. The minimum absolute atomic E-state index is 0.388. The van der Waals surface area contributed by atoms with E-state index in [-0.39, 0.29) is 12.8 Å². The zero-order valence-electron chi connectivity index (χ0n) is 8.80. The highest BCUT2D eigenvalue weighted by Crippen LogP contribution is 2.49. The molecular weight excluding hydrogens is 254 g/mol. The summed E-state index contributed by atoms with van der Waals surface area (Å²) in [4.78, 5) is 0.401. The van der Waals surface area contributed by atoms with Crippen molar-refractivity contribution < 1.29 is 17.6 Å². The molecule has 0 atom stereocenters. The lowest BCUT2D eigenvalue weighted by molar-refractivity contribution is -0.125. The number of thioether (sulfide) groups is 1. The molecule has 0 amide bonds. The quantitative estimate of drug-likeness (QED) is 0.667. The molecule has 0 aliphatic heterocycles. The molecule has 0 heterocycles. The highest BCUT2D eigenvalue weighted by Gasteiger charge is 2.55. The van der Waals surface area contributed by atoms with Gasteiger partial charge >= 0.3 is 0 Å². The summed E-state index contributed by atoms with van der Waals surface area (Å²) in [6.45, 7) is 0. The minimum atomic E-state index is -2.70. The second kappa shape index (κ2) is 4.17. The molecule has 94 valence electrons. The van der Waals surface area contributed by atoms with Crippen molar-refractivity contribution in [3.05, 3.63) is 29.8 Å². The standard InChI is InChI=1S/C11H11F4NS/c12-9(13)17-8-3-1-7(2-4-8)10(16)5-11(14,15)6-10/h1-4,9H,5-6,16H2. The lowest BCUT2D eigenvalue weighted by atomic mass is 9.70. The number of hydrogen-bond donors (Lipinski definition) is 1. The smallest absolute Gasteiger partial charge is 0.288 e. The van der Waals surface area contributed by atoms with Crippen molar-refractivity contribution in [3.8, 4) is 0 Å². The van der Waals surface area contributed by atoms with E-state index in [0.29, 0.717) is 22.2 Å². The van der Waals surface area contributed by atoms with Crippen LogP contribution in [0.3, 0.4) is 0 Å². The van der Waals surface area contributed by atoms with Crippen LogP contribution in [0, 0.1) is 0 Å². The number of hydrogen-bond acceptors (Lipinski definition) is 2. The Kier molecular flexibility index (Phi) is 3.12. The van der Waals surface area contributed by atoms with Crippen molar-refractivity contribution in [3.63, 3.8) is 0 Å².